The smallest absolute Gasteiger partial charge is 0.265 e. The van der Waals surface area contributed by atoms with Gasteiger partial charge in [-0.25, -0.2) is 13.1 Å². The Labute approximate surface area is 125 Å². The molecule has 1 saturated carbocycles. The first-order chi connectivity index (χ1) is 9.99. The second-order valence-corrected chi connectivity index (χ2v) is 6.96. The Hall–Kier alpha value is -1.88. The van der Waals surface area contributed by atoms with Gasteiger partial charge in [0.05, 0.1) is 5.25 Å². The number of rotatable bonds is 6. The number of allylic oxidation sites excluding steroid dienone is 3. The standard InChI is InChI=1S/C16H19NO3S/c1-3-7-12(4-2)14-8-5-6-9-15(14)16(18)17-21(19,20)13-10-11-13/h3,5-9,13H,1,4,10-11H2,2H3,(H,17,18)/b12-7+. The van der Waals surface area contributed by atoms with Crippen LogP contribution in [0.15, 0.2) is 43.0 Å². The Kier molecular flexibility index (Phi) is 4.63. The Morgan fingerprint density at radius 1 is 1.33 bits per heavy atom. The van der Waals surface area contributed by atoms with Crippen LogP contribution in [0.25, 0.3) is 5.57 Å². The van der Waals surface area contributed by atoms with Gasteiger partial charge in [-0.1, -0.05) is 43.9 Å². The average molecular weight is 305 g/mol. The van der Waals surface area contributed by atoms with Gasteiger partial charge in [0.15, 0.2) is 0 Å². The first-order valence-corrected chi connectivity index (χ1v) is 8.51. The maximum absolute atomic E-state index is 12.3. The van der Waals surface area contributed by atoms with Crippen molar-refractivity contribution in [3.05, 3.63) is 54.1 Å². The van der Waals surface area contributed by atoms with Crippen LogP contribution in [0.5, 0.6) is 0 Å². The predicted octanol–water partition coefficient (Wildman–Crippen LogP) is 2.89. The summed E-state index contributed by atoms with van der Waals surface area (Å²) in [5, 5.41) is -0.414. The van der Waals surface area contributed by atoms with E-state index in [1.165, 1.54) is 0 Å². The van der Waals surface area contributed by atoms with E-state index < -0.39 is 21.2 Å². The van der Waals surface area contributed by atoms with E-state index in [0.717, 1.165) is 17.6 Å². The molecule has 5 heteroatoms. The summed E-state index contributed by atoms with van der Waals surface area (Å²) in [6.45, 7) is 5.64. The topological polar surface area (TPSA) is 63.2 Å². The lowest BCUT2D eigenvalue weighted by atomic mass is 9.97. The van der Waals surface area contributed by atoms with Crippen LogP contribution in [-0.2, 0) is 10.0 Å². The van der Waals surface area contributed by atoms with Crippen molar-refractivity contribution in [2.75, 3.05) is 0 Å². The molecule has 1 amide bonds. The van der Waals surface area contributed by atoms with Gasteiger partial charge in [-0.3, -0.25) is 4.79 Å². The molecule has 0 bridgehead atoms. The minimum absolute atomic E-state index is 0.372. The zero-order valence-electron chi connectivity index (χ0n) is 12.0. The summed E-state index contributed by atoms with van der Waals surface area (Å²) in [7, 11) is -3.54. The van der Waals surface area contributed by atoms with Crippen molar-refractivity contribution >= 4 is 21.5 Å². The maximum Gasteiger partial charge on any atom is 0.265 e. The van der Waals surface area contributed by atoms with Crippen LogP contribution in [0.1, 0.15) is 42.1 Å². The molecule has 2 rings (SSSR count). The number of sulfonamides is 1. The molecule has 1 fully saturated rings. The van der Waals surface area contributed by atoms with Gasteiger partial charge in [-0.05, 0) is 36.5 Å². The zero-order chi connectivity index (χ0) is 15.5. The summed E-state index contributed by atoms with van der Waals surface area (Å²) < 4.78 is 26.0. The van der Waals surface area contributed by atoms with Crippen LogP contribution in [0, 0.1) is 0 Å². The van der Waals surface area contributed by atoms with Gasteiger partial charge in [0.2, 0.25) is 10.0 Å². The van der Waals surface area contributed by atoms with E-state index in [0.29, 0.717) is 18.4 Å². The molecule has 0 aromatic heterocycles. The summed E-state index contributed by atoms with van der Waals surface area (Å²) in [6.07, 6.45) is 5.48. The van der Waals surface area contributed by atoms with Gasteiger partial charge < -0.3 is 0 Å². The Morgan fingerprint density at radius 2 is 1.95 bits per heavy atom. The van der Waals surface area contributed by atoms with Gasteiger partial charge in [0.1, 0.15) is 0 Å². The normalized spacial score (nSPS) is 15.6. The van der Waals surface area contributed by atoms with Gasteiger partial charge >= 0.3 is 0 Å². The molecule has 0 unspecified atom stereocenters. The molecular formula is C16H19NO3S. The molecule has 1 aromatic carbocycles. The van der Waals surface area contributed by atoms with Crippen LogP contribution in [0.2, 0.25) is 0 Å². The fraction of sp³-hybridized carbons (Fsp3) is 0.312. The van der Waals surface area contributed by atoms with Crippen molar-refractivity contribution < 1.29 is 13.2 Å². The summed E-state index contributed by atoms with van der Waals surface area (Å²) >= 11 is 0. The second kappa shape index (κ2) is 6.26. The zero-order valence-corrected chi connectivity index (χ0v) is 12.8. The van der Waals surface area contributed by atoms with Gasteiger partial charge in [0, 0.05) is 5.56 Å². The predicted molar refractivity (Wildman–Crippen MR) is 84.3 cm³/mol. The van der Waals surface area contributed by atoms with Gasteiger partial charge in [-0.2, -0.15) is 0 Å². The lowest BCUT2D eigenvalue weighted by Gasteiger charge is -2.12. The molecular weight excluding hydrogens is 286 g/mol. The van der Waals surface area contributed by atoms with E-state index in [1.54, 1.807) is 18.2 Å². The molecule has 0 heterocycles. The molecule has 21 heavy (non-hydrogen) atoms. The van der Waals surface area contributed by atoms with Crippen molar-refractivity contribution in [2.24, 2.45) is 0 Å². The van der Waals surface area contributed by atoms with Crippen molar-refractivity contribution in [2.45, 2.75) is 31.4 Å². The molecule has 1 aliphatic rings. The number of hydrogen-bond acceptors (Lipinski definition) is 3. The summed E-state index contributed by atoms with van der Waals surface area (Å²) in [5.74, 6) is -0.569. The third-order valence-corrected chi connectivity index (χ3v) is 5.23. The fourth-order valence-electron chi connectivity index (χ4n) is 2.15. The molecule has 1 aromatic rings. The molecule has 112 valence electrons. The Bertz CT molecular complexity index is 685. The SMILES string of the molecule is C=C/C=C(\CC)c1ccccc1C(=O)NS(=O)(=O)C1CC1. The van der Waals surface area contributed by atoms with Crippen molar-refractivity contribution in [1.82, 2.24) is 4.72 Å². The number of nitrogens with one attached hydrogen (secondary N) is 1. The minimum atomic E-state index is -3.54. The van der Waals surface area contributed by atoms with E-state index in [9.17, 15) is 13.2 Å². The van der Waals surface area contributed by atoms with Crippen LogP contribution in [-0.4, -0.2) is 19.6 Å². The largest absolute Gasteiger partial charge is 0.268 e. The highest BCUT2D eigenvalue weighted by Gasteiger charge is 2.37. The monoisotopic (exact) mass is 305 g/mol. The van der Waals surface area contributed by atoms with E-state index >= 15 is 0 Å². The fourth-order valence-corrected chi connectivity index (χ4v) is 3.44. The molecule has 4 nitrogen and oxygen atoms in total. The van der Waals surface area contributed by atoms with Crippen LogP contribution >= 0.6 is 0 Å². The highest BCUT2D eigenvalue weighted by Crippen LogP contribution is 2.28. The van der Waals surface area contributed by atoms with Crippen LogP contribution in [0.4, 0.5) is 0 Å². The van der Waals surface area contributed by atoms with E-state index in [1.807, 2.05) is 25.1 Å². The number of benzene rings is 1. The molecule has 0 radical (unpaired) electrons. The molecule has 0 atom stereocenters. The summed E-state index contributed by atoms with van der Waals surface area (Å²) in [4.78, 5) is 12.3. The number of carbonyl (C=O) groups is 1. The second-order valence-electron chi connectivity index (χ2n) is 5.00. The maximum atomic E-state index is 12.3. The van der Waals surface area contributed by atoms with E-state index in [4.69, 9.17) is 0 Å². The van der Waals surface area contributed by atoms with E-state index in [-0.39, 0.29) is 0 Å². The van der Waals surface area contributed by atoms with Crippen molar-refractivity contribution in [1.29, 1.82) is 0 Å². The highest BCUT2D eigenvalue weighted by atomic mass is 32.2. The molecule has 0 aliphatic heterocycles. The summed E-state index contributed by atoms with van der Waals surface area (Å²) in [5.41, 5.74) is 2.06. The lowest BCUT2D eigenvalue weighted by molar-refractivity contribution is 0.0981. The lowest BCUT2D eigenvalue weighted by Crippen LogP contribution is -2.33. The average Bonchev–Trinajstić information content (AvgIpc) is 3.29. The quantitative estimate of drug-likeness (QED) is 0.822. The van der Waals surface area contributed by atoms with Crippen molar-refractivity contribution in [3.63, 3.8) is 0 Å². The molecule has 1 N–H and O–H groups in total. The molecule has 1 aliphatic carbocycles. The third kappa shape index (κ3) is 3.61. The van der Waals surface area contributed by atoms with Crippen LogP contribution in [0.3, 0.4) is 0 Å². The molecule has 0 saturated heterocycles. The number of hydrogen-bond donors (Lipinski definition) is 1. The number of carbonyl (C=O) groups excluding carboxylic acids is 1. The Balaban J connectivity index is 2.33. The third-order valence-electron chi connectivity index (χ3n) is 3.42. The first-order valence-electron chi connectivity index (χ1n) is 6.96. The minimum Gasteiger partial charge on any atom is -0.268 e. The van der Waals surface area contributed by atoms with Crippen LogP contribution < -0.4 is 4.72 Å². The highest BCUT2D eigenvalue weighted by molar-refractivity contribution is 7.91. The van der Waals surface area contributed by atoms with Crippen molar-refractivity contribution in [3.8, 4) is 0 Å². The molecule has 0 spiro atoms. The van der Waals surface area contributed by atoms with Gasteiger partial charge in [-0.15, -0.1) is 0 Å². The Morgan fingerprint density at radius 3 is 2.48 bits per heavy atom. The van der Waals surface area contributed by atoms with Gasteiger partial charge in [0.25, 0.3) is 5.91 Å². The number of amides is 1. The summed E-state index contributed by atoms with van der Waals surface area (Å²) in [6, 6.07) is 7.01. The first kappa shape index (κ1) is 15.5. The van der Waals surface area contributed by atoms with E-state index in [2.05, 4.69) is 11.3 Å².